The fourth-order valence-electron chi connectivity index (χ4n) is 1.93. The number of aryl methyl sites for hydroxylation is 2. The topological polar surface area (TPSA) is 12.9 Å². The normalized spacial score (nSPS) is 10.4. The first kappa shape index (κ1) is 10.9. The summed E-state index contributed by atoms with van der Waals surface area (Å²) in [6.07, 6.45) is 4.21. The van der Waals surface area contributed by atoms with Gasteiger partial charge in [0.05, 0.1) is 5.69 Å². The van der Waals surface area contributed by atoms with E-state index in [1.165, 1.54) is 23.1 Å². The van der Waals surface area contributed by atoms with Crippen molar-refractivity contribution in [2.45, 2.75) is 26.7 Å². The van der Waals surface area contributed by atoms with Crippen LogP contribution in [0.3, 0.4) is 0 Å². The lowest BCUT2D eigenvalue weighted by Gasteiger charge is -2.06. The van der Waals surface area contributed by atoms with Crippen LogP contribution in [0.4, 0.5) is 0 Å². The lowest BCUT2D eigenvalue weighted by Crippen LogP contribution is -1.90. The van der Waals surface area contributed by atoms with Gasteiger partial charge in [-0.15, -0.1) is 0 Å². The molecule has 0 saturated carbocycles. The number of benzene rings is 1. The van der Waals surface area contributed by atoms with Crippen molar-refractivity contribution in [2.24, 2.45) is 0 Å². The molecule has 0 unspecified atom stereocenters. The lowest BCUT2D eigenvalue weighted by molar-refractivity contribution is 0.919. The Kier molecular flexibility index (Phi) is 3.35. The Morgan fingerprint density at radius 1 is 1.12 bits per heavy atom. The molecule has 0 aliphatic heterocycles. The molecule has 0 fully saturated rings. The summed E-state index contributed by atoms with van der Waals surface area (Å²) in [5.41, 5.74) is 4.98. The van der Waals surface area contributed by atoms with Crippen molar-refractivity contribution in [2.75, 3.05) is 0 Å². The Hall–Kier alpha value is -1.63. The van der Waals surface area contributed by atoms with Crippen LogP contribution in [-0.2, 0) is 6.42 Å². The molecule has 1 nitrogen and oxygen atoms in total. The summed E-state index contributed by atoms with van der Waals surface area (Å²) in [6.45, 7) is 4.33. The molecule has 0 aliphatic rings. The van der Waals surface area contributed by atoms with E-state index in [2.05, 4.69) is 55.2 Å². The fraction of sp³-hybridized carbons (Fsp3) is 0.267. The minimum atomic E-state index is 1.09. The third-order valence-electron chi connectivity index (χ3n) is 2.78. The molecule has 2 aromatic rings. The summed E-state index contributed by atoms with van der Waals surface area (Å²) in [7, 11) is 0. The van der Waals surface area contributed by atoms with Crippen LogP contribution in [-0.4, -0.2) is 4.98 Å². The highest BCUT2D eigenvalue weighted by atomic mass is 14.7. The van der Waals surface area contributed by atoms with E-state index in [4.69, 9.17) is 0 Å². The van der Waals surface area contributed by atoms with Gasteiger partial charge in [0.2, 0.25) is 0 Å². The largest absolute Gasteiger partial charge is 0.256 e. The average molecular weight is 211 g/mol. The monoisotopic (exact) mass is 211 g/mol. The van der Waals surface area contributed by atoms with E-state index in [1.807, 2.05) is 6.20 Å². The number of pyridine rings is 1. The Balaban J connectivity index is 2.40. The van der Waals surface area contributed by atoms with Crippen molar-refractivity contribution in [1.29, 1.82) is 0 Å². The Bertz CT molecular complexity index is 474. The SMILES string of the molecule is CCCc1ccnc(-c2ccccc2C)c1. The summed E-state index contributed by atoms with van der Waals surface area (Å²) in [4.78, 5) is 4.45. The van der Waals surface area contributed by atoms with E-state index in [0.717, 1.165) is 12.1 Å². The zero-order valence-corrected chi connectivity index (χ0v) is 9.90. The maximum Gasteiger partial charge on any atom is 0.0707 e. The third-order valence-corrected chi connectivity index (χ3v) is 2.78. The molecule has 82 valence electrons. The molecule has 0 N–H and O–H groups in total. The molecule has 2 rings (SSSR count). The predicted molar refractivity (Wildman–Crippen MR) is 68.4 cm³/mol. The van der Waals surface area contributed by atoms with E-state index in [0.29, 0.717) is 0 Å². The minimum Gasteiger partial charge on any atom is -0.256 e. The molecule has 0 bridgehead atoms. The maximum absolute atomic E-state index is 4.45. The molecule has 0 spiro atoms. The summed E-state index contributed by atoms with van der Waals surface area (Å²) in [5.74, 6) is 0. The van der Waals surface area contributed by atoms with E-state index < -0.39 is 0 Å². The highest BCUT2D eigenvalue weighted by Crippen LogP contribution is 2.21. The van der Waals surface area contributed by atoms with Crippen LogP contribution < -0.4 is 0 Å². The highest BCUT2D eigenvalue weighted by Gasteiger charge is 2.02. The van der Waals surface area contributed by atoms with Gasteiger partial charge >= 0.3 is 0 Å². The van der Waals surface area contributed by atoms with Crippen LogP contribution in [0.5, 0.6) is 0 Å². The van der Waals surface area contributed by atoms with E-state index in [9.17, 15) is 0 Å². The molecule has 0 atom stereocenters. The lowest BCUT2D eigenvalue weighted by atomic mass is 10.0. The van der Waals surface area contributed by atoms with E-state index in [-0.39, 0.29) is 0 Å². The summed E-state index contributed by atoms with van der Waals surface area (Å²) >= 11 is 0. The number of hydrogen-bond donors (Lipinski definition) is 0. The molecule has 1 heteroatoms. The van der Waals surface area contributed by atoms with Crippen LogP contribution >= 0.6 is 0 Å². The van der Waals surface area contributed by atoms with E-state index in [1.54, 1.807) is 0 Å². The Morgan fingerprint density at radius 3 is 2.69 bits per heavy atom. The number of nitrogens with zero attached hydrogens (tertiary/aromatic N) is 1. The van der Waals surface area contributed by atoms with Gasteiger partial charge in [0.15, 0.2) is 0 Å². The van der Waals surface area contributed by atoms with Gasteiger partial charge in [0, 0.05) is 11.8 Å². The van der Waals surface area contributed by atoms with Gasteiger partial charge < -0.3 is 0 Å². The second-order valence-corrected chi connectivity index (χ2v) is 4.11. The smallest absolute Gasteiger partial charge is 0.0707 e. The molecule has 0 amide bonds. The molecular formula is C15H17N. The van der Waals surface area contributed by atoms with Crippen molar-refractivity contribution in [3.8, 4) is 11.3 Å². The Morgan fingerprint density at radius 2 is 1.94 bits per heavy atom. The average Bonchev–Trinajstić information content (AvgIpc) is 2.30. The van der Waals surface area contributed by atoms with Crippen LogP contribution in [0, 0.1) is 6.92 Å². The number of rotatable bonds is 3. The number of hydrogen-bond acceptors (Lipinski definition) is 1. The van der Waals surface area contributed by atoms with Gasteiger partial charge in [-0.3, -0.25) is 4.98 Å². The van der Waals surface area contributed by atoms with Gasteiger partial charge in [-0.1, -0.05) is 37.6 Å². The first-order valence-electron chi connectivity index (χ1n) is 5.82. The standard InChI is InChI=1S/C15H17N/c1-3-6-13-9-10-16-15(11-13)14-8-5-4-7-12(14)2/h4-5,7-11H,3,6H2,1-2H3. The van der Waals surface area contributed by atoms with Crippen LogP contribution in [0.25, 0.3) is 11.3 Å². The van der Waals surface area contributed by atoms with Crippen molar-refractivity contribution in [3.05, 3.63) is 53.7 Å². The molecular weight excluding hydrogens is 194 g/mol. The van der Waals surface area contributed by atoms with Gasteiger partial charge in [-0.05, 0) is 36.6 Å². The van der Waals surface area contributed by atoms with Gasteiger partial charge in [0.25, 0.3) is 0 Å². The van der Waals surface area contributed by atoms with Crippen LogP contribution in [0.1, 0.15) is 24.5 Å². The quantitative estimate of drug-likeness (QED) is 0.747. The first-order valence-corrected chi connectivity index (χ1v) is 5.82. The van der Waals surface area contributed by atoms with Crippen molar-refractivity contribution in [3.63, 3.8) is 0 Å². The summed E-state index contributed by atoms with van der Waals surface area (Å²) < 4.78 is 0. The molecule has 1 heterocycles. The second-order valence-electron chi connectivity index (χ2n) is 4.11. The molecule has 16 heavy (non-hydrogen) atoms. The van der Waals surface area contributed by atoms with Crippen molar-refractivity contribution < 1.29 is 0 Å². The van der Waals surface area contributed by atoms with Crippen LogP contribution in [0.15, 0.2) is 42.6 Å². The molecule has 0 saturated heterocycles. The molecule has 1 aromatic heterocycles. The van der Waals surface area contributed by atoms with Crippen molar-refractivity contribution in [1.82, 2.24) is 4.98 Å². The van der Waals surface area contributed by atoms with Crippen LogP contribution in [0.2, 0.25) is 0 Å². The summed E-state index contributed by atoms with van der Waals surface area (Å²) in [6, 6.07) is 12.7. The fourth-order valence-corrected chi connectivity index (χ4v) is 1.93. The van der Waals surface area contributed by atoms with Crippen molar-refractivity contribution >= 4 is 0 Å². The molecule has 0 aliphatic carbocycles. The maximum atomic E-state index is 4.45. The number of aromatic nitrogens is 1. The minimum absolute atomic E-state index is 1.09. The van der Waals surface area contributed by atoms with Gasteiger partial charge in [-0.25, -0.2) is 0 Å². The Labute approximate surface area is 97.2 Å². The second kappa shape index (κ2) is 4.93. The zero-order valence-electron chi connectivity index (χ0n) is 9.90. The predicted octanol–water partition coefficient (Wildman–Crippen LogP) is 4.01. The van der Waals surface area contributed by atoms with Gasteiger partial charge in [-0.2, -0.15) is 0 Å². The molecule has 0 radical (unpaired) electrons. The highest BCUT2D eigenvalue weighted by molar-refractivity contribution is 5.63. The zero-order chi connectivity index (χ0) is 11.4. The third kappa shape index (κ3) is 2.30. The molecule has 1 aromatic carbocycles. The van der Waals surface area contributed by atoms with E-state index >= 15 is 0 Å². The van der Waals surface area contributed by atoms with Gasteiger partial charge in [0.1, 0.15) is 0 Å². The summed E-state index contributed by atoms with van der Waals surface area (Å²) in [5, 5.41) is 0. The first-order chi connectivity index (χ1) is 7.81.